The molecule has 2 nitrogen and oxygen atoms in total. The average molecular weight is 239 g/mol. The molecule has 0 spiro atoms. The summed E-state index contributed by atoms with van der Waals surface area (Å²) in [4.78, 5) is 23.0. The molecule has 1 atom stereocenters. The number of Topliss-reactive ketones (excluding diaryl/α,β-unsaturated/α-hetero) is 2. The lowest BCUT2D eigenvalue weighted by Crippen LogP contribution is -2.15. The van der Waals surface area contributed by atoms with Crippen molar-refractivity contribution >= 4 is 23.2 Å². The number of hydrogen-bond donors (Lipinski definition) is 0. The van der Waals surface area contributed by atoms with Gasteiger partial charge in [-0.15, -0.1) is 0 Å². The van der Waals surface area contributed by atoms with Crippen molar-refractivity contribution in [2.24, 2.45) is 5.92 Å². The molecular weight excluding hydrogens is 224 g/mol. The molecule has 0 saturated carbocycles. The molecule has 0 N–H and O–H groups in total. The van der Waals surface area contributed by atoms with Crippen LogP contribution in [0.25, 0.3) is 0 Å². The second kappa shape index (κ2) is 5.26. The van der Waals surface area contributed by atoms with E-state index in [1.807, 2.05) is 6.92 Å². The van der Waals surface area contributed by atoms with Gasteiger partial charge in [-0.05, 0) is 37.6 Å². The van der Waals surface area contributed by atoms with Crippen LogP contribution in [-0.2, 0) is 4.79 Å². The number of halogens is 1. The van der Waals surface area contributed by atoms with Crippen LogP contribution in [-0.4, -0.2) is 11.6 Å². The topological polar surface area (TPSA) is 34.1 Å². The van der Waals surface area contributed by atoms with Crippen LogP contribution >= 0.6 is 11.6 Å². The van der Waals surface area contributed by atoms with Crippen molar-refractivity contribution in [3.63, 3.8) is 0 Å². The van der Waals surface area contributed by atoms with Gasteiger partial charge in [0.1, 0.15) is 5.78 Å². The molecule has 0 aliphatic rings. The normalized spacial score (nSPS) is 12.2. The number of aryl methyl sites for hydroxylation is 1. The Morgan fingerprint density at radius 1 is 1.38 bits per heavy atom. The molecule has 3 heteroatoms. The maximum absolute atomic E-state index is 12.0. The summed E-state index contributed by atoms with van der Waals surface area (Å²) in [5.41, 5.74) is 1.51. The molecule has 0 aliphatic heterocycles. The molecular formula is C13H15ClO2. The Morgan fingerprint density at radius 2 is 2.00 bits per heavy atom. The third kappa shape index (κ3) is 3.17. The first kappa shape index (κ1) is 12.9. The number of benzene rings is 1. The van der Waals surface area contributed by atoms with Crippen molar-refractivity contribution in [3.05, 3.63) is 34.3 Å². The molecule has 0 amide bonds. The largest absolute Gasteiger partial charge is 0.300 e. The molecule has 1 unspecified atom stereocenters. The first-order chi connectivity index (χ1) is 7.41. The van der Waals surface area contributed by atoms with Crippen LogP contribution < -0.4 is 0 Å². The predicted octanol–water partition coefficient (Wildman–Crippen LogP) is 3.45. The van der Waals surface area contributed by atoms with Crippen molar-refractivity contribution in [1.29, 1.82) is 0 Å². The van der Waals surface area contributed by atoms with Gasteiger partial charge >= 0.3 is 0 Å². The molecule has 1 aromatic carbocycles. The van der Waals surface area contributed by atoms with E-state index >= 15 is 0 Å². The van der Waals surface area contributed by atoms with E-state index in [2.05, 4.69) is 0 Å². The first-order valence-electron chi connectivity index (χ1n) is 5.21. The highest BCUT2D eigenvalue weighted by Crippen LogP contribution is 2.19. The molecule has 0 fully saturated rings. The van der Waals surface area contributed by atoms with Crippen LogP contribution in [0.2, 0.25) is 5.02 Å². The molecule has 16 heavy (non-hydrogen) atoms. The van der Waals surface area contributed by atoms with Gasteiger partial charge in [0, 0.05) is 22.9 Å². The van der Waals surface area contributed by atoms with Gasteiger partial charge in [0.15, 0.2) is 5.78 Å². The van der Waals surface area contributed by atoms with E-state index in [-0.39, 0.29) is 17.5 Å². The number of rotatable bonds is 4. The van der Waals surface area contributed by atoms with E-state index in [4.69, 9.17) is 11.6 Å². The van der Waals surface area contributed by atoms with Gasteiger partial charge in [0.05, 0.1) is 0 Å². The lowest BCUT2D eigenvalue weighted by molar-refractivity contribution is -0.117. The number of carbonyl (C=O) groups excluding carboxylic acids is 2. The monoisotopic (exact) mass is 238 g/mol. The summed E-state index contributed by atoms with van der Waals surface area (Å²) < 4.78 is 0. The Kier molecular flexibility index (Phi) is 4.25. The van der Waals surface area contributed by atoms with E-state index in [1.165, 1.54) is 6.92 Å². The van der Waals surface area contributed by atoms with E-state index < -0.39 is 0 Å². The summed E-state index contributed by atoms with van der Waals surface area (Å²) >= 11 is 5.82. The highest BCUT2D eigenvalue weighted by Gasteiger charge is 2.18. The van der Waals surface area contributed by atoms with Gasteiger partial charge < -0.3 is 4.79 Å². The smallest absolute Gasteiger partial charge is 0.166 e. The van der Waals surface area contributed by atoms with Crippen molar-refractivity contribution in [2.75, 3.05) is 0 Å². The Balaban J connectivity index is 2.92. The summed E-state index contributed by atoms with van der Waals surface area (Å²) in [5, 5.41) is 0.619. The third-order valence-corrected chi connectivity index (χ3v) is 2.73. The zero-order chi connectivity index (χ0) is 12.3. The lowest BCUT2D eigenvalue weighted by Gasteiger charge is -2.10. The zero-order valence-corrected chi connectivity index (χ0v) is 10.5. The van der Waals surface area contributed by atoms with Crippen LogP contribution in [0.5, 0.6) is 0 Å². The highest BCUT2D eigenvalue weighted by atomic mass is 35.5. The Morgan fingerprint density at radius 3 is 2.50 bits per heavy atom. The van der Waals surface area contributed by atoms with Crippen molar-refractivity contribution in [3.8, 4) is 0 Å². The van der Waals surface area contributed by atoms with Crippen LogP contribution in [0.4, 0.5) is 0 Å². The molecule has 0 heterocycles. The van der Waals surface area contributed by atoms with Gasteiger partial charge in [0.25, 0.3) is 0 Å². The second-order valence-electron chi connectivity index (χ2n) is 4.13. The Hall–Kier alpha value is -1.15. The third-order valence-electron chi connectivity index (χ3n) is 2.50. The fourth-order valence-corrected chi connectivity index (χ4v) is 1.92. The maximum Gasteiger partial charge on any atom is 0.166 e. The Labute approximate surface area is 101 Å². The van der Waals surface area contributed by atoms with E-state index in [9.17, 15) is 9.59 Å². The molecule has 1 aromatic rings. The molecule has 0 aromatic heterocycles. The number of carbonyl (C=O) groups is 2. The van der Waals surface area contributed by atoms with Crippen molar-refractivity contribution in [1.82, 2.24) is 0 Å². The maximum atomic E-state index is 12.0. The van der Waals surface area contributed by atoms with Crippen LogP contribution in [0.1, 0.15) is 36.2 Å². The van der Waals surface area contributed by atoms with Crippen LogP contribution in [0.15, 0.2) is 18.2 Å². The zero-order valence-electron chi connectivity index (χ0n) is 9.71. The molecule has 0 radical (unpaired) electrons. The summed E-state index contributed by atoms with van der Waals surface area (Å²) in [7, 11) is 0. The molecule has 0 saturated heterocycles. The van der Waals surface area contributed by atoms with E-state index in [0.717, 1.165) is 5.56 Å². The number of hydrogen-bond acceptors (Lipinski definition) is 2. The Bertz CT molecular complexity index is 424. The predicted molar refractivity (Wildman–Crippen MR) is 65.0 cm³/mol. The van der Waals surface area contributed by atoms with Crippen LogP contribution in [0, 0.1) is 12.8 Å². The second-order valence-corrected chi connectivity index (χ2v) is 4.57. The van der Waals surface area contributed by atoms with Gasteiger partial charge in [0.2, 0.25) is 0 Å². The minimum Gasteiger partial charge on any atom is -0.300 e. The SMILES string of the molecule is CC(=O)CC(C)C(=O)c1ccc(Cl)cc1C. The minimum atomic E-state index is -0.266. The fourth-order valence-electron chi connectivity index (χ4n) is 1.69. The van der Waals surface area contributed by atoms with Crippen LogP contribution in [0.3, 0.4) is 0 Å². The average Bonchev–Trinajstić information content (AvgIpc) is 2.15. The standard InChI is InChI=1S/C13H15ClO2/c1-8-7-11(14)4-5-12(8)13(16)9(2)6-10(3)15/h4-5,7,9H,6H2,1-3H3. The number of ketones is 2. The summed E-state index contributed by atoms with van der Waals surface area (Å²) in [6, 6.07) is 5.17. The minimum absolute atomic E-state index is 0.00404. The molecule has 0 bridgehead atoms. The summed E-state index contributed by atoms with van der Waals surface area (Å²) in [5.74, 6) is -0.228. The molecule has 86 valence electrons. The first-order valence-corrected chi connectivity index (χ1v) is 5.59. The van der Waals surface area contributed by atoms with Gasteiger partial charge in [-0.1, -0.05) is 18.5 Å². The van der Waals surface area contributed by atoms with Gasteiger partial charge in [-0.3, -0.25) is 4.79 Å². The summed E-state index contributed by atoms with van der Waals surface area (Å²) in [6.07, 6.45) is 0.293. The van der Waals surface area contributed by atoms with Crippen molar-refractivity contribution < 1.29 is 9.59 Å². The van der Waals surface area contributed by atoms with E-state index in [1.54, 1.807) is 25.1 Å². The quantitative estimate of drug-likeness (QED) is 0.753. The van der Waals surface area contributed by atoms with Gasteiger partial charge in [-0.2, -0.15) is 0 Å². The summed E-state index contributed by atoms with van der Waals surface area (Å²) in [6.45, 7) is 5.12. The lowest BCUT2D eigenvalue weighted by atomic mass is 9.92. The van der Waals surface area contributed by atoms with Crippen molar-refractivity contribution in [2.45, 2.75) is 27.2 Å². The molecule has 1 rings (SSSR count). The fraction of sp³-hybridized carbons (Fsp3) is 0.385. The van der Waals surface area contributed by atoms with Gasteiger partial charge in [-0.25, -0.2) is 0 Å². The molecule has 0 aliphatic carbocycles. The highest BCUT2D eigenvalue weighted by molar-refractivity contribution is 6.30. The van der Waals surface area contributed by atoms with E-state index in [0.29, 0.717) is 17.0 Å².